The van der Waals surface area contributed by atoms with E-state index in [4.69, 9.17) is 5.73 Å². The maximum atomic E-state index is 12.0. The van der Waals surface area contributed by atoms with Crippen LogP contribution in [0.1, 0.15) is 25.3 Å². The summed E-state index contributed by atoms with van der Waals surface area (Å²) < 4.78 is 0. The predicted octanol–water partition coefficient (Wildman–Crippen LogP) is 1.30. The number of anilines is 2. The van der Waals surface area contributed by atoms with E-state index in [1.165, 1.54) is 0 Å². The summed E-state index contributed by atoms with van der Waals surface area (Å²) in [7, 11) is 0. The lowest BCUT2D eigenvalue weighted by molar-refractivity contribution is -0.151. The van der Waals surface area contributed by atoms with Crippen LogP contribution in [0.4, 0.5) is 11.4 Å². The third-order valence-electron chi connectivity index (χ3n) is 3.47. The lowest BCUT2D eigenvalue weighted by Gasteiger charge is -2.27. The Morgan fingerprint density at radius 3 is 2.52 bits per heavy atom. The number of hydrogen-bond donors (Lipinski definition) is 2. The number of carbonyl (C=O) groups excluding carboxylic acids is 3. The molecule has 1 saturated heterocycles. The molecule has 0 spiro atoms. The van der Waals surface area contributed by atoms with Gasteiger partial charge < -0.3 is 11.1 Å². The van der Waals surface area contributed by atoms with Crippen molar-refractivity contribution < 1.29 is 14.4 Å². The van der Waals surface area contributed by atoms with Gasteiger partial charge in [0.2, 0.25) is 17.7 Å². The zero-order chi connectivity index (χ0) is 15.6. The Morgan fingerprint density at radius 2 is 1.95 bits per heavy atom. The minimum Gasteiger partial charge on any atom is -0.399 e. The first-order chi connectivity index (χ1) is 9.86. The number of nitrogen functional groups attached to an aromatic ring is 1. The molecule has 1 aliphatic heterocycles. The van der Waals surface area contributed by atoms with E-state index in [2.05, 4.69) is 5.32 Å². The van der Waals surface area contributed by atoms with Crippen LogP contribution < -0.4 is 11.1 Å². The van der Waals surface area contributed by atoms with Crippen LogP contribution in [0.2, 0.25) is 0 Å². The number of amides is 3. The average molecular weight is 289 g/mol. The number of nitrogens with two attached hydrogens (primary N) is 1. The molecule has 112 valence electrons. The van der Waals surface area contributed by atoms with Gasteiger partial charge in [-0.1, -0.05) is 6.92 Å². The molecule has 3 amide bonds. The van der Waals surface area contributed by atoms with E-state index in [0.717, 1.165) is 10.5 Å². The normalized spacial score (nSPS) is 16.2. The third-order valence-corrected chi connectivity index (χ3v) is 3.47. The van der Waals surface area contributed by atoms with Gasteiger partial charge >= 0.3 is 0 Å². The Hall–Kier alpha value is -2.37. The number of rotatable bonds is 3. The van der Waals surface area contributed by atoms with Crippen LogP contribution in [-0.2, 0) is 14.4 Å². The smallest absolute Gasteiger partial charge is 0.244 e. The van der Waals surface area contributed by atoms with Crippen LogP contribution in [0.15, 0.2) is 18.2 Å². The van der Waals surface area contributed by atoms with E-state index in [1.807, 2.05) is 13.8 Å². The highest BCUT2D eigenvalue weighted by Crippen LogP contribution is 2.20. The zero-order valence-electron chi connectivity index (χ0n) is 12.2. The van der Waals surface area contributed by atoms with Gasteiger partial charge in [-0.2, -0.15) is 0 Å². The first kappa shape index (κ1) is 15.0. The van der Waals surface area contributed by atoms with Crippen molar-refractivity contribution in [2.75, 3.05) is 17.6 Å². The predicted molar refractivity (Wildman–Crippen MR) is 79.3 cm³/mol. The molecule has 0 radical (unpaired) electrons. The maximum absolute atomic E-state index is 12.0. The van der Waals surface area contributed by atoms with Gasteiger partial charge in [0.15, 0.2) is 0 Å². The molecule has 1 fully saturated rings. The maximum Gasteiger partial charge on any atom is 0.244 e. The second-order valence-corrected chi connectivity index (χ2v) is 5.51. The fourth-order valence-electron chi connectivity index (χ4n) is 2.36. The molecule has 6 heteroatoms. The summed E-state index contributed by atoms with van der Waals surface area (Å²) in [6.45, 7) is 3.43. The topological polar surface area (TPSA) is 92.5 Å². The minimum absolute atomic E-state index is 0.0451. The second-order valence-electron chi connectivity index (χ2n) is 5.51. The van der Waals surface area contributed by atoms with Crippen molar-refractivity contribution in [3.05, 3.63) is 23.8 Å². The van der Waals surface area contributed by atoms with Crippen LogP contribution in [0, 0.1) is 12.8 Å². The highest BCUT2D eigenvalue weighted by molar-refractivity contribution is 6.03. The quantitative estimate of drug-likeness (QED) is 0.648. The number of likely N-dealkylation sites (tertiary alicyclic amines) is 1. The monoisotopic (exact) mass is 289 g/mol. The van der Waals surface area contributed by atoms with Gasteiger partial charge in [-0.3, -0.25) is 19.3 Å². The molecule has 0 atom stereocenters. The fraction of sp³-hybridized carbons (Fsp3) is 0.400. The van der Waals surface area contributed by atoms with E-state index in [1.54, 1.807) is 18.2 Å². The van der Waals surface area contributed by atoms with Crippen LogP contribution in [-0.4, -0.2) is 29.2 Å². The van der Waals surface area contributed by atoms with E-state index < -0.39 is 0 Å². The highest BCUT2D eigenvalue weighted by atomic mass is 16.2. The molecule has 0 aliphatic carbocycles. The fourth-order valence-corrected chi connectivity index (χ4v) is 2.36. The average Bonchev–Trinajstić information content (AvgIpc) is 2.37. The van der Waals surface area contributed by atoms with Crippen molar-refractivity contribution in [3.8, 4) is 0 Å². The molecule has 0 saturated carbocycles. The third kappa shape index (κ3) is 3.59. The Morgan fingerprint density at radius 1 is 1.33 bits per heavy atom. The van der Waals surface area contributed by atoms with E-state index >= 15 is 0 Å². The van der Waals surface area contributed by atoms with Crippen LogP contribution in [0.3, 0.4) is 0 Å². The molecule has 3 N–H and O–H groups in total. The number of benzene rings is 1. The van der Waals surface area contributed by atoms with Crippen LogP contribution in [0.5, 0.6) is 0 Å². The Bertz CT molecular complexity index is 580. The van der Waals surface area contributed by atoms with E-state index in [9.17, 15) is 14.4 Å². The lowest BCUT2D eigenvalue weighted by Crippen LogP contribution is -2.46. The van der Waals surface area contributed by atoms with Gasteiger partial charge in [-0.15, -0.1) is 0 Å². The summed E-state index contributed by atoms with van der Waals surface area (Å²) in [5.74, 6) is -0.923. The molecule has 21 heavy (non-hydrogen) atoms. The largest absolute Gasteiger partial charge is 0.399 e. The van der Waals surface area contributed by atoms with Gasteiger partial charge in [0.1, 0.15) is 6.54 Å². The molecule has 0 bridgehead atoms. The van der Waals surface area contributed by atoms with Crippen molar-refractivity contribution in [3.63, 3.8) is 0 Å². The van der Waals surface area contributed by atoms with Crippen LogP contribution in [0.25, 0.3) is 0 Å². The van der Waals surface area contributed by atoms with Gasteiger partial charge in [-0.05, 0) is 36.6 Å². The Balaban J connectivity index is 2.01. The van der Waals surface area contributed by atoms with Gasteiger partial charge in [0, 0.05) is 24.2 Å². The summed E-state index contributed by atoms with van der Waals surface area (Å²) in [5, 5.41) is 2.70. The summed E-state index contributed by atoms with van der Waals surface area (Å²) in [6, 6.07) is 5.13. The first-order valence-corrected chi connectivity index (χ1v) is 6.86. The van der Waals surface area contributed by atoms with Crippen molar-refractivity contribution in [1.29, 1.82) is 0 Å². The summed E-state index contributed by atoms with van der Waals surface area (Å²) >= 11 is 0. The number of aryl methyl sites for hydroxylation is 1. The van der Waals surface area contributed by atoms with Crippen molar-refractivity contribution in [2.24, 2.45) is 5.92 Å². The van der Waals surface area contributed by atoms with E-state index in [0.29, 0.717) is 24.2 Å². The number of imide groups is 1. The highest BCUT2D eigenvalue weighted by Gasteiger charge is 2.31. The molecule has 1 aromatic rings. The van der Waals surface area contributed by atoms with Crippen molar-refractivity contribution in [2.45, 2.75) is 26.7 Å². The summed E-state index contributed by atoms with van der Waals surface area (Å²) in [4.78, 5) is 36.7. The minimum atomic E-state index is -0.390. The zero-order valence-corrected chi connectivity index (χ0v) is 12.2. The number of hydrogen-bond acceptors (Lipinski definition) is 4. The molecule has 1 heterocycles. The van der Waals surface area contributed by atoms with Gasteiger partial charge in [0.25, 0.3) is 0 Å². The summed E-state index contributed by atoms with van der Waals surface area (Å²) in [5.41, 5.74) is 7.71. The number of carbonyl (C=O) groups is 3. The molecule has 0 unspecified atom stereocenters. The molecule has 1 aromatic carbocycles. The molecule has 6 nitrogen and oxygen atoms in total. The van der Waals surface area contributed by atoms with Gasteiger partial charge in [0.05, 0.1) is 0 Å². The number of piperidine rings is 1. The lowest BCUT2D eigenvalue weighted by atomic mass is 9.98. The second kappa shape index (κ2) is 5.95. The van der Waals surface area contributed by atoms with Crippen molar-refractivity contribution in [1.82, 2.24) is 4.90 Å². The molecular formula is C15H19N3O3. The summed E-state index contributed by atoms with van der Waals surface area (Å²) in [6.07, 6.45) is 0.611. The van der Waals surface area contributed by atoms with E-state index in [-0.39, 0.29) is 30.2 Å². The standard InChI is InChI=1S/C15H19N3O3/c1-9-5-14(20)18(15(21)6-9)8-13(19)17-12-4-3-11(16)7-10(12)2/h3-4,7,9H,5-6,8,16H2,1-2H3,(H,17,19). The first-order valence-electron chi connectivity index (χ1n) is 6.86. The Kier molecular flexibility index (Phi) is 4.26. The Labute approximate surface area is 123 Å². The molecule has 2 rings (SSSR count). The molecular weight excluding hydrogens is 270 g/mol. The van der Waals surface area contributed by atoms with Crippen molar-refractivity contribution >= 4 is 29.1 Å². The van der Waals surface area contributed by atoms with Crippen LogP contribution >= 0.6 is 0 Å². The molecule has 0 aromatic heterocycles. The number of nitrogens with zero attached hydrogens (tertiary/aromatic N) is 1. The SMILES string of the molecule is Cc1cc(N)ccc1NC(=O)CN1C(=O)CC(C)CC1=O. The molecule has 1 aliphatic rings. The van der Waals surface area contributed by atoms with Gasteiger partial charge in [-0.25, -0.2) is 0 Å². The number of nitrogens with one attached hydrogen (secondary N) is 1.